The third-order valence-electron chi connectivity index (χ3n) is 3.08. The molecule has 1 aliphatic heterocycles. The van der Waals surface area contributed by atoms with E-state index in [1.54, 1.807) is 12.2 Å². The van der Waals surface area contributed by atoms with Crippen molar-refractivity contribution in [2.45, 2.75) is 18.8 Å². The van der Waals surface area contributed by atoms with Crippen molar-refractivity contribution >= 4 is 16.2 Å². The third-order valence-corrected chi connectivity index (χ3v) is 3.65. The number of carbonyl (C=O) groups excluding carboxylic acids is 1. The molecule has 0 aromatic heterocycles. The van der Waals surface area contributed by atoms with Gasteiger partial charge in [-0.25, -0.2) is 4.79 Å². The Hall–Kier alpha value is -1.90. The van der Waals surface area contributed by atoms with E-state index in [4.69, 9.17) is 13.7 Å². The molecule has 0 radical (unpaired) electrons. The minimum Gasteiger partial charge on any atom is -0.445 e. The van der Waals surface area contributed by atoms with Crippen LogP contribution in [0.2, 0.25) is 0 Å². The zero-order chi connectivity index (χ0) is 16.7. The van der Waals surface area contributed by atoms with Crippen LogP contribution >= 0.6 is 0 Å². The number of nitrogens with one attached hydrogen (secondary N) is 1. The molecule has 1 heterocycles. The lowest BCUT2D eigenvalue weighted by molar-refractivity contribution is 0.0689. The van der Waals surface area contributed by atoms with Crippen LogP contribution in [0, 0.1) is 0 Å². The first-order valence-corrected chi connectivity index (χ1v) is 8.85. The third kappa shape index (κ3) is 6.39. The number of benzene rings is 1. The molecule has 1 aromatic carbocycles. The van der Waals surface area contributed by atoms with Crippen LogP contribution in [-0.2, 0) is 30.4 Å². The largest absolute Gasteiger partial charge is 0.445 e. The summed E-state index contributed by atoms with van der Waals surface area (Å²) < 4.78 is 37.5. The number of alkyl carbamates (subject to hydrolysis) is 1. The minimum atomic E-state index is -3.61. The summed E-state index contributed by atoms with van der Waals surface area (Å²) in [5.74, 6) is 0. The van der Waals surface area contributed by atoms with Gasteiger partial charge in [0, 0.05) is 0 Å². The van der Waals surface area contributed by atoms with Gasteiger partial charge in [-0.1, -0.05) is 42.5 Å². The van der Waals surface area contributed by atoms with E-state index in [2.05, 4.69) is 5.32 Å². The monoisotopic (exact) mass is 341 g/mol. The highest BCUT2D eigenvalue weighted by Gasteiger charge is 2.26. The van der Waals surface area contributed by atoms with Crippen LogP contribution < -0.4 is 5.32 Å². The highest BCUT2D eigenvalue weighted by atomic mass is 32.2. The molecule has 0 saturated heterocycles. The van der Waals surface area contributed by atoms with E-state index in [9.17, 15) is 13.2 Å². The Kier molecular flexibility index (Phi) is 6.14. The second-order valence-corrected chi connectivity index (χ2v) is 6.67. The number of hydrogen-bond acceptors (Lipinski definition) is 6. The van der Waals surface area contributed by atoms with Crippen molar-refractivity contribution in [2.24, 2.45) is 0 Å². The Balaban J connectivity index is 1.88. The maximum Gasteiger partial charge on any atom is 0.407 e. The lowest BCUT2D eigenvalue weighted by Gasteiger charge is -2.22. The van der Waals surface area contributed by atoms with E-state index in [1.807, 2.05) is 30.3 Å². The summed E-state index contributed by atoms with van der Waals surface area (Å²) >= 11 is 0. The summed E-state index contributed by atoms with van der Waals surface area (Å²) in [5.41, 5.74) is 0.851. The zero-order valence-corrected chi connectivity index (χ0v) is 13.5. The predicted octanol–water partition coefficient (Wildman–Crippen LogP) is 1.21. The molecule has 0 fully saturated rings. The van der Waals surface area contributed by atoms with E-state index >= 15 is 0 Å². The summed E-state index contributed by atoms with van der Waals surface area (Å²) in [5, 5.41) is 2.57. The van der Waals surface area contributed by atoms with E-state index in [-0.39, 0.29) is 13.2 Å². The normalized spacial score (nSPS) is 18.6. The molecule has 0 bridgehead atoms. The number of ether oxygens (including phenoxy) is 2. The standard InChI is InChI=1S/C15H19NO6S/c1-23(18,19)22-11-13(14-8-5-9-20-14)16-15(17)21-10-12-6-3-2-4-7-12/h2-8,13-14H,9-11H2,1H3,(H,16,17)/t13-,14-/m0/s1. The lowest BCUT2D eigenvalue weighted by Crippen LogP contribution is -2.46. The van der Waals surface area contributed by atoms with Gasteiger partial charge in [0.2, 0.25) is 0 Å². The quantitative estimate of drug-likeness (QED) is 0.592. The molecule has 1 amide bonds. The molecule has 2 rings (SSSR count). The maximum absolute atomic E-state index is 11.9. The van der Waals surface area contributed by atoms with Gasteiger partial charge < -0.3 is 14.8 Å². The Morgan fingerprint density at radius 3 is 2.74 bits per heavy atom. The second kappa shape index (κ2) is 8.09. The van der Waals surface area contributed by atoms with E-state index < -0.39 is 28.4 Å². The van der Waals surface area contributed by atoms with Gasteiger partial charge in [-0.2, -0.15) is 8.42 Å². The zero-order valence-electron chi connectivity index (χ0n) is 12.7. The van der Waals surface area contributed by atoms with Crippen molar-refractivity contribution in [3.05, 3.63) is 48.0 Å². The highest BCUT2D eigenvalue weighted by Crippen LogP contribution is 2.10. The summed E-state index contributed by atoms with van der Waals surface area (Å²) in [6.45, 7) is 0.294. The lowest BCUT2D eigenvalue weighted by atomic mass is 10.2. The Labute approximate surface area is 135 Å². The van der Waals surface area contributed by atoms with E-state index in [0.717, 1.165) is 11.8 Å². The molecule has 1 N–H and O–H groups in total. The van der Waals surface area contributed by atoms with E-state index in [1.165, 1.54) is 0 Å². The molecule has 8 heteroatoms. The number of amides is 1. The molecule has 1 aromatic rings. The van der Waals surface area contributed by atoms with Gasteiger partial charge in [0.25, 0.3) is 10.1 Å². The van der Waals surface area contributed by atoms with Gasteiger partial charge >= 0.3 is 6.09 Å². The fourth-order valence-electron chi connectivity index (χ4n) is 1.99. The van der Waals surface area contributed by atoms with Crippen molar-refractivity contribution < 1.29 is 26.9 Å². The summed E-state index contributed by atoms with van der Waals surface area (Å²) in [6.07, 6.45) is 3.35. The highest BCUT2D eigenvalue weighted by molar-refractivity contribution is 7.85. The first-order valence-electron chi connectivity index (χ1n) is 7.04. The van der Waals surface area contributed by atoms with Gasteiger partial charge in [-0.3, -0.25) is 4.18 Å². The van der Waals surface area contributed by atoms with Crippen LogP contribution in [-0.4, -0.2) is 46.1 Å². The Morgan fingerprint density at radius 1 is 1.39 bits per heavy atom. The predicted molar refractivity (Wildman–Crippen MR) is 83.2 cm³/mol. The smallest absolute Gasteiger partial charge is 0.407 e. The van der Waals surface area contributed by atoms with Gasteiger partial charge in [0.05, 0.1) is 31.6 Å². The molecule has 0 unspecified atom stereocenters. The SMILES string of the molecule is CS(=O)(=O)OC[C@H](NC(=O)OCc1ccccc1)[C@@H]1C=CCO1. The molecule has 0 spiro atoms. The molecule has 1 aliphatic rings. The van der Waals surface area contributed by atoms with Gasteiger partial charge in [0.1, 0.15) is 6.61 Å². The summed E-state index contributed by atoms with van der Waals surface area (Å²) in [6, 6.07) is 8.56. The molecule has 2 atom stereocenters. The van der Waals surface area contributed by atoms with Crippen LogP contribution in [0.15, 0.2) is 42.5 Å². The average Bonchev–Trinajstić information content (AvgIpc) is 3.04. The second-order valence-electron chi connectivity index (χ2n) is 5.03. The number of carbonyl (C=O) groups is 1. The van der Waals surface area contributed by atoms with Crippen molar-refractivity contribution in [3.63, 3.8) is 0 Å². The summed E-state index contributed by atoms with van der Waals surface area (Å²) in [4.78, 5) is 11.9. The van der Waals surface area contributed by atoms with Crippen LogP contribution in [0.4, 0.5) is 4.79 Å². The first kappa shape index (κ1) is 17.5. The van der Waals surface area contributed by atoms with E-state index in [0.29, 0.717) is 6.61 Å². The average molecular weight is 341 g/mol. The Bertz CT molecular complexity index is 643. The van der Waals surface area contributed by atoms with Crippen molar-refractivity contribution in [3.8, 4) is 0 Å². The topological polar surface area (TPSA) is 90.9 Å². The molecule has 23 heavy (non-hydrogen) atoms. The van der Waals surface area contributed by atoms with Crippen LogP contribution in [0.3, 0.4) is 0 Å². The molecule has 0 aliphatic carbocycles. The first-order chi connectivity index (χ1) is 10.9. The van der Waals surface area contributed by atoms with Crippen molar-refractivity contribution in [1.29, 1.82) is 0 Å². The van der Waals surface area contributed by atoms with Crippen LogP contribution in [0.1, 0.15) is 5.56 Å². The fraction of sp³-hybridized carbons (Fsp3) is 0.400. The fourth-order valence-corrected chi connectivity index (χ4v) is 2.39. The number of hydrogen-bond donors (Lipinski definition) is 1. The van der Waals surface area contributed by atoms with Gasteiger partial charge in [-0.15, -0.1) is 0 Å². The molecule has 7 nitrogen and oxygen atoms in total. The molecular weight excluding hydrogens is 322 g/mol. The summed E-state index contributed by atoms with van der Waals surface area (Å²) in [7, 11) is -3.61. The van der Waals surface area contributed by atoms with Crippen LogP contribution in [0.25, 0.3) is 0 Å². The molecular formula is C15H19NO6S. The Morgan fingerprint density at radius 2 is 2.13 bits per heavy atom. The number of rotatable bonds is 7. The van der Waals surface area contributed by atoms with Crippen LogP contribution in [0.5, 0.6) is 0 Å². The van der Waals surface area contributed by atoms with Gasteiger partial charge in [0.15, 0.2) is 0 Å². The van der Waals surface area contributed by atoms with Crippen molar-refractivity contribution in [2.75, 3.05) is 19.5 Å². The minimum absolute atomic E-state index is 0.119. The molecule has 126 valence electrons. The molecule has 0 saturated carbocycles. The van der Waals surface area contributed by atoms with Gasteiger partial charge in [-0.05, 0) is 5.56 Å². The van der Waals surface area contributed by atoms with Crippen molar-refractivity contribution in [1.82, 2.24) is 5.32 Å². The maximum atomic E-state index is 11.9.